The van der Waals surface area contributed by atoms with E-state index in [-0.39, 0.29) is 11.6 Å². The SMILES string of the molecule is CCNC(c1c(F)ccc(Br)c1F)C1CCCCCC1. The Kier molecular flexibility index (Phi) is 5.97. The van der Waals surface area contributed by atoms with Gasteiger partial charge >= 0.3 is 0 Å². The lowest BCUT2D eigenvalue weighted by Crippen LogP contribution is -2.30. The Morgan fingerprint density at radius 3 is 2.45 bits per heavy atom. The second-order valence-electron chi connectivity index (χ2n) is 5.54. The highest BCUT2D eigenvalue weighted by Crippen LogP contribution is 2.37. The predicted octanol–water partition coefficient (Wildman–Crippen LogP) is 5.35. The number of halogens is 3. The van der Waals surface area contributed by atoms with Crippen molar-refractivity contribution in [1.29, 1.82) is 0 Å². The topological polar surface area (TPSA) is 12.0 Å². The molecule has 0 amide bonds. The molecule has 1 atom stereocenters. The molecule has 4 heteroatoms. The van der Waals surface area contributed by atoms with Gasteiger partial charge in [0.25, 0.3) is 0 Å². The largest absolute Gasteiger partial charge is 0.310 e. The van der Waals surface area contributed by atoms with Crippen molar-refractivity contribution in [1.82, 2.24) is 5.32 Å². The van der Waals surface area contributed by atoms with Crippen molar-refractivity contribution in [2.75, 3.05) is 6.54 Å². The first-order valence-corrected chi connectivity index (χ1v) is 8.31. The minimum absolute atomic E-state index is 0.202. The van der Waals surface area contributed by atoms with E-state index in [9.17, 15) is 8.78 Å². The molecule has 1 nitrogen and oxygen atoms in total. The van der Waals surface area contributed by atoms with E-state index in [0.717, 1.165) is 25.7 Å². The van der Waals surface area contributed by atoms with Crippen LogP contribution in [0.2, 0.25) is 0 Å². The van der Waals surface area contributed by atoms with E-state index in [0.29, 0.717) is 16.9 Å². The van der Waals surface area contributed by atoms with Gasteiger partial charge in [-0.3, -0.25) is 0 Å². The Hall–Kier alpha value is -0.480. The van der Waals surface area contributed by atoms with Crippen molar-refractivity contribution in [2.24, 2.45) is 5.92 Å². The average molecular weight is 346 g/mol. The summed E-state index contributed by atoms with van der Waals surface area (Å²) in [7, 11) is 0. The zero-order valence-electron chi connectivity index (χ0n) is 11.9. The van der Waals surface area contributed by atoms with Crippen LogP contribution in [0.15, 0.2) is 16.6 Å². The van der Waals surface area contributed by atoms with Gasteiger partial charge in [0, 0.05) is 11.6 Å². The summed E-state index contributed by atoms with van der Waals surface area (Å²) in [5.41, 5.74) is 0.202. The van der Waals surface area contributed by atoms with Crippen molar-refractivity contribution in [2.45, 2.75) is 51.5 Å². The quantitative estimate of drug-likeness (QED) is 0.573. The molecule has 1 aliphatic carbocycles. The molecular formula is C16H22BrF2N. The van der Waals surface area contributed by atoms with Crippen molar-refractivity contribution >= 4 is 15.9 Å². The van der Waals surface area contributed by atoms with Gasteiger partial charge in [0.1, 0.15) is 11.6 Å². The molecule has 0 saturated heterocycles. The monoisotopic (exact) mass is 345 g/mol. The van der Waals surface area contributed by atoms with Crippen LogP contribution >= 0.6 is 15.9 Å². The number of rotatable bonds is 4. The molecule has 112 valence electrons. The first-order valence-electron chi connectivity index (χ1n) is 7.52. The fourth-order valence-electron chi connectivity index (χ4n) is 3.20. The predicted molar refractivity (Wildman–Crippen MR) is 81.7 cm³/mol. The van der Waals surface area contributed by atoms with E-state index in [4.69, 9.17) is 0 Å². The molecule has 0 aromatic heterocycles. The summed E-state index contributed by atoms with van der Waals surface area (Å²) in [5.74, 6) is -0.586. The van der Waals surface area contributed by atoms with Crippen molar-refractivity contribution in [3.63, 3.8) is 0 Å². The van der Waals surface area contributed by atoms with Crippen molar-refractivity contribution in [3.05, 3.63) is 33.8 Å². The minimum Gasteiger partial charge on any atom is -0.310 e. The van der Waals surface area contributed by atoms with Gasteiger partial charge in [0.15, 0.2) is 0 Å². The van der Waals surface area contributed by atoms with Gasteiger partial charge in [-0.05, 0) is 53.4 Å². The Labute approximate surface area is 128 Å². The van der Waals surface area contributed by atoms with Gasteiger partial charge in [-0.2, -0.15) is 0 Å². The standard InChI is InChI=1S/C16H22BrF2N/c1-2-20-16(11-7-5-3-4-6-8-11)14-13(18)10-9-12(17)15(14)19/h9-11,16,20H,2-8H2,1H3. The zero-order chi connectivity index (χ0) is 14.5. The Bertz CT molecular complexity index is 442. The van der Waals surface area contributed by atoms with Crippen molar-refractivity contribution in [3.8, 4) is 0 Å². The zero-order valence-corrected chi connectivity index (χ0v) is 13.5. The van der Waals surface area contributed by atoms with E-state index >= 15 is 0 Å². The fraction of sp³-hybridized carbons (Fsp3) is 0.625. The maximum atomic E-state index is 14.4. The van der Waals surface area contributed by atoms with E-state index in [1.165, 1.54) is 25.0 Å². The maximum absolute atomic E-state index is 14.4. The van der Waals surface area contributed by atoms with Gasteiger partial charge in [-0.15, -0.1) is 0 Å². The smallest absolute Gasteiger partial charge is 0.145 e. The molecule has 0 aliphatic heterocycles. The van der Waals surface area contributed by atoms with E-state index in [1.54, 1.807) is 0 Å². The molecular weight excluding hydrogens is 324 g/mol. The first-order chi connectivity index (χ1) is 9.65. The van der Waals surface area contributed by atoms with Crippen LogP contribution in [0, 0.1) is 17.6 Å². The lowest BCUT2D eigenvalue weighted by molar-refractivity contribution is 0.313. The summed E-state index contributed by atoms with van der Waals surface area (Å²) >= 11 is 3.17. The molecule has 1 aliphatic rings. The number of hydrogen-bond donors (Lipinski definition) is 1. The lowest BCUT2D eigenvalue weighted by Gasteiger charge is -2.28. The second kappa shape index (κ2) is 7.51. The van der Waals surface area contributed by atoms with E-state index in [2.05, 4.69) is 21.2 Å². The van der Waals surface area contributed by atoms with Crippen LogP contribution in [0.25, 0.3) is 0 Å². The molecule has 2 rings (SSSR count). The van der Waals surface area contributed by atoms with Crippen LogP contribution < -0.4 is 5.32 Å². The highest BCUT2D eigenvalue weighted by Gasteiger charge is 2.29. The Morgan fingerprint density at radius 1 is 1.20 bits per heavy atom. The lowest BCUT2D eigenvalue weighted by atomic mass is 9.86. The van der Waals surface area contributed by atoms with Crippen LogP contribution in [0.3, 0.4) is 0 Å². The summed E-state index contributed by atoms with van der Waals surface area (Å²) in [6.45, 7) is 2.70. The molecule has 0 radical (unpaired) electrons. The van der Waals surface area contributed by atoms with Crippen LogP contribution in [-0.2, 0) is 0 Å². The van der Waals surface area contributed by atoms with Crippen LogP contribution in [-0.4, -0.2) is 6.54 Å². The number of benzene rings is 1. The van der Waals surface area contributed by atoms with Crippen LogP contribution in [0.4, 0.5) is 8.78 Å². The second-order valence-corrected chi connectivity index (χ2v) is 6.40. The normalized spacial score (nSPS) is 18.8. The third-order valence-corrected chi connectivity index (χ3v) is 4.80. The fourth-order valence-corrected chi connectivity index (χ4v) is 3.54. The first kappa shape index (κ1) is 15.9. The maximum Gasteiger partial charge on any atom is 0.145 e. The number of hydrogen-bond acceptors (Lipinski definition) is 1. The summed E-state index contributed by atoms with van der Waals surface area (Å²) in [5, 5.41) is 3.30. The summed E-state index contributed by atoms with van der Waals surface area (Å²) in [4.78, 5) is 0. The molecule has 0 heterocycles. The molecule has 1 fully saturated rings. The highest BCUT2D eigenvalue weighted by molar-refractivity contribution is 9.10. The Balaban J connectivity index is 2.34. The molecule has 0 spiro atoms. The van der Waals surface area contributed by atoms with Crippen molar-refractivity contribution < 1.29 is 8.78 Å². The van der Waals surface area contributed by atoms with Gasteiger partial charge in [-0.25, -0.2) is 8.78 Å². The van der Waals surface area contributed by atoms with Gasteiger partial charge in [0.2, 0.25) is 0 Å². The third-order valence-electron chi connectivity index (χ3n) is 4.19. The molecule has 1 saturated carbocycles. The average Bonchev–Trinajstić information content (AvgIpc) is 2.71. The van der Waals surface area contributed by atoms with E-state index in [1.807, 2.05) is 6.92 Å². The molecule has 1 aromatic carbocycles. The summed E-state index contributed by atoms with van der Waals surface area (Å²) in [6.07, 6.45) is 6.87. The van der Waals surface area contributed by atoms with Gasteiger partial charge in [-0.1, -0.05) is 32.6 Å². The third kappa shape index (κ3) is 3.59. The molecule has 1 unspecified atom stereocenters. The number of nitrogens with one attached hydrogen (secondary N) is 1. The van der Waals surface area contributed by atoms with Gasteiger partial charge in [0.05, 0.1) is 4.47 Å². The Morgan fingerprint density at radius 2 is 1.85 bits per heavy atom. The molecule has 20 heavy (non-hydrogen) atoms. The summed E-state index contributed by atoms with van der Waals surface area (Å²) < 4.78 is 28.9. The molecule has 0 bridgehead atoms. The van der Waals surface area contributed by atoms with Crippen LogP contribution in [0.5, 0.6) is 0 Å². The van der Waals surface area contributed by atoms with Crippen LogP contribution in [0.1, 0.15) is 57.1 Å². The molecule has 1 N–H and O–H groups in total. The minimum atomic E-state index is -0.458. The summed E-state index contributed by atoms with van der Waals surface area (Å²) in [6, 6.07) is 2.56. The highest BCUT2D eigenvalue weighted by atomic mass is 79.9. The molecule has 1 aromatic rings. The van der Waals surface area contributed by atoms with E-state index < -0.39 is 11.6 Å². The van der Waals surface area contributed by atoms with Gasteiger partial charge < -0.3 is 5.32 Å².